The second-order valence-corrected chi connectivity index (χ2v) is 5.49. The van der Waals surface area contributed by atoms with Crippen LogP contribution >= 0.6 is 12.4 Å². The molecular weight excluding hydrogens is 335 g/mol. The van der Waals surface area contributed by atoms with Crippen molar-refractivity contribution in [1.29, 1.82) is 0 Å². The number of aromatic nitrogens is 1. The van der Waals surface area contributed by atoms with E-state index < -0.39 is 11.8 Å². The molecule has 1 aromatic heterocycles. The maximum atomic E-state index is 14.2. The van der Waals surface area contributed by atoms with E-state index in [0.29, 0.717) is 43.4 Å². The van der Waals surface area contributed by atoms with Gasteiger partial charge in [-0.2, -0.15) is 0 Å². The molecule has 2 heterocycles. The fourth-order valence-electron chi connectivity index (χ4n) is 2.56. The zero-order chi connectivity index (χ0) is 16.4. The van der Waals surface area contributed by atoms with Crippen LogP contribution in [0.5, 0.6) is 0 Å². The molecule has 0 atom stereocenters. The normalized spacial score (nSPS) is 14.2. The molecule has 1 saturated heterocycles. The van der Waals surface area contributed by atoms with E-state index in [4.69, 9.17) is 4.74 Å². The van der Waals surface area contributed by atoms with Gasteiger partial charge in [0.25, 0.3) is 0 Å². The minimum Gasteiger partial charge on any atom is -0.478 e. The Kier molecular flexibility index (Phi) is 5.75. The molecule has 24 heavy (non-hydrogen) atoms. The molecule has 5 nitrogen and oxygen atoms in total. The van der Waals surface area contributed by atoms with Crippen molar-refractivity contribution in [2.75, 3.05) is 31.2 Å². The lowest BCUT2D eigenvalue weighted by Gasteiger charge is -2.28. The number of carboxylic acid groups (broad SMARTS) is 1. The summed E-state index contributed by atoms with van der Waals surface area (Å²) in [6.45, 7) is 4.19. The SMILES string of the molecule is Cc1ccc(-c2cc(C(=O)O)cc(N3CCOCC3)n2)c(F)c1.Cl. The third-order valence-corrected chi connectivity index (χ3v) is 3.79. The first-order valence-electron chi connectivity index (χ1n) is 7.39. The molecule has 1 aromatic carbocycles. The summed E-state index contributed by atoms with van der Waals surface area (Å²) in [7, 11) is 0. The van der Waals surface area contributed by atoms with Gasteiger partial charge in [-0.1, -0.05) is 6.07 Å². The standard InChI is InChI=1S/C17H17FN2O3.ClH/c1-11-2-3-13(14(18)8-11)15-9-12(17(21)22)10-16(19-15)20-4-6-23-7-5-20;/h2-3,8-10H,4-7H2,1H3,(H,21,22);1H. The lowest BCUT2D eigenvalue weighted by atomic mass is 10.1. The molecule has 0 spiro atoms. The Hall–Kier alpha value is -2.18. The predicted octanol–water partition coefficient (Wildman–Crippen LogP) is 3.15. The van der Waals surface area contributed by atoms with Crippen LogP contribution in [-0.4, -0.2) is 42.4 Å². The van der Waals surface area contributed by atoms with Crippen molar-refractivity contribution >= 4 is 24.2 Å². The number of carboxylic acids is 1. The lowest BCUT2D eigenvalue weighted by Crippen LogP contribution is -2.36. The molecule has 0 bridgehead atoms. The maximum Gasteiger partial charge on any atom is 0.335 e. The van der Waals surface area contributed by atoms with E-state index in [1.54, 1.807) is 19.1 Å². The summed E-state index contributed by atoms with van der Waals surface area (Å²) in [5, 5.41) is 9.33. The lowest BCUT2D eigenvalue weighted by molar-refractivity contribution is 0.0697. The monoisotopic (exact) mass is 352 g/mol. The van der Waals surface area contributed by atoms with Crippen molar-refractivity contribution in [3.05, 3.63) is 47.3 Å². The van der Waals surface area contributed by atoms with E-state index in [1.807, 2.05) is 4.90 Å². The fourth-order valence-corrected chi connectivity index (χ4v) is 2.56. The molecular formula is C17H18ClFN2O3. The first-order chi connectivity index (χ1) is 11.0. The van der Waals surface area contributed by atoms with Crippen LogP contribution in [0.4, 0.5) is 10.2 Å². The smallest absolute Gasteiger partial charge is 0.335 e. The van der Waals surface area contributed by atoms with E-state index in [0.717, 1.165) is 5.56 Å². The minimum absolute atomic E-state index is 0. The summed E-state index contributed by atoms with van der Waals surface area (Å²) < 4.78 is 19.5. The van der Waals surface area contributed by atoms with Crippen molar-refractivity contribution in [3.8, 4) is 11.3 Å². The topological polar surface area (TPSA) is 62.7 Å². The van der Waals surface area contributed by atoms with Crippen molar-refractivity contribution in [3.63, 3.8) is 0 Å². The third-order valence-electron chi connectivity index (χ3n) is 3.79. The quantitative estimate of drug-likeness (QED) is 0.919. The molecule has 1 N–H and O–H groups in total. The highest BCUT2D eigenvalue weighted by molar-refractivity contribution is 5.90. The van der Waals surface area contributed by atoms with Crippen LogP contribution in [-0.2, 0) is 4.74 Å². The number of aryl methyl sites for hydroxylation is 1. The highest BCUT2D eigenvalue weighted by Gasteiger charge is 2.18. The van der Waals surface area contributed by atoms with Gasteiger partial charge in [-0.15, -0.1) is 12.4 Å². The Morgan fingerprint density at radius 1 is 1.25 bits per heavy atom. The number of hydrogen-bond donors (Lipinski definition) is 1. The number of halogens is 2. The van der Waals surface area contributed by atoms with Gasteiger partial charge in [-0.25, -0.2) is 14.2 Å². The Labute approximate surface area is 145 Å². The van der Waals surface area contributed by atoms with Gasteiger partial charge in [-0.05, 0) is 36.8 Å². The molecule has 1 aliphatic heterocycles. The van der Waals surface area contributed by atoms with E-state index in [9.17, 15) is 14.3 Å². The van der Waals surface area contributed by atoms with Crippen LogP contribution in [0.3, 0.4) is 0 Å². The molecule has 0 unspecified atom stereocenters. The van der Waals surface area contributed by atoms with Gasteiger partial charge in [0.2, 0.25) is 0 Å². The first kappa shape index (κ1) is 18.2. The van der Waals surface area contributed by atoms with Gasteiger partial charge in [0.1, 0.15) is 11.6 Å². The van der Waals surface area contributed by atoms with E-state index >= 15 is 0 Å². The molecule has 2 aromatic rings. The molecule has 0 saturated carbocycles. The number of hydrogen-bond acceptors (Lipinski definition) is 4. The minimum atomic E-state index is -1.06. The first-order valence-corrected chi connectivity index (χ1v) is 7.39. The predicted molar refractivity (Wildman–Crippen MR) is 91.6 cm³/mol. The summed E-state index contributed by atoms with van der Waals surface area (Å²) >= 11 is 0. The molecule has 0 amide bonds. The average Bonchev–Trinajstić information content (AvgIpc) is 2.55. The Balaban J connectivity index is 0.00000208. The zero-order valence-corrected chi connectivity index (χ0v) is 14.0. The summed E-state index contributed by atoms with van der Waals surface area (Å²) in [6.07, 6.45) is 0. The van der Waals surface area contributed by atoms with E-state index in [2.05, 4.69) is 4.98 Å². The molecule has 0 aliphatic carbocycles. The number of benzene rings is 1. The fraction of sp³-hybridized carbons (Fsp3) is 0.294. The highest BCUT2D eigenvalue weighted by Crippen LogP contribution is 2.26. The van der Waals surface area contributed by atoms with Gasteiger partial charge in [-0.3, -0.25) is 0 Å². The van der Waals surface area contributed by atoms with E-state index in [-0.39, 0.29) is 18.0 Å². The second-order valence-electron chi connectivity index (χ2n) is 5.49. The van der Waals surface area contributed by atoms with Crippen molar-refractivity contribution < 1.29 is 19.0 Å². The van der Waals surface area contributed by atoms with Gasteiger partial charge >= 0.3 is 5.97 Å². The van der Waals surface area contributed by atoms with Gasteiger partial charge in [0.15, 0.2) is 0 Å². The molecule has 7 heteroatoms. The Bertz CT molecular complexity index is 749. The van der Waals surface area contributed by atoms with Gasteiger partial charge in [0, 0.05) is 18.7 Å². The number of nitrogens with zero attached hydrogens (tertiary/aromatic N) is 2. The molecule has 1 aliphatic rings. The number of pyridine rings is 1. The number of aromatic carboxylic acids is 1. The molecule has 128 valence electrons. The van der Waals surface area contributed by atoms with E-state index in [1.165, 1.54) is 18.2 Å². The third kappa shape index (κ3) is 3.83. The van der Waals surface area contributed by atoms with Gasteiger partial charge < -0.3 is 14.7 Å². The summed E-state index contributed by atoms with van der Waals surface area (Å²) in [5.74, 6) is -0.938. The van der Waals surface area contributed by atoms with Crippen molar-refractivity contribution in [1.82, 2.24) is 4.98 Å². The summed E-state index contributed by atoms with van der Waals surface area (Å²) in [4.78, 5) is 17.8. The number of morpholine rings is 1. The second kappa shape index (κ2) is 7.59. The Morgan fingerprint density at radius 2 is 1.96 bits per heavy atom. The average molecular weight is 353 g/mol. The molecule has 3 rings (SSSR count). The van der Waals surface area contributed by atoms with Gasteiger partial charge in [0.05, 0.1) is 24.5 Å². The van der Waals surface area contributed by atoms with Crippen LogP contribution in [0.15, 0.2) is 30.3 Å². The number of carbonyl (C=O) groups is 1. The van der Waals surface area contributed by atoms with Crippen LogP contribution in [0.2, 0.25) is 0 Å². The zero-order valence-electron chi connectivity index (χ0n) is 13.2. The number of anilines is 1. The maximum absolute atomic E-state index is 14.2. The summed E-state index contributed by atoms with van der Waals surface area (Å²) in [5.41, 5.74) is 1.52. The van der Waals surface area contributed by atoms with Crippen LogP contribution < -0.4 is 4.90 Å². The van der Waals surface area contributed by atoms with Crippen molar-refractivity contribution in [2.24, 2.45) is 0 Å². The number of ether oxygens (including phenoxy) is 1. The van der Waals surface area contributed by atoms with Crippen LogP contribution in [0.1, 0.15) is 15.9 Å². The van der Waals surface area contributed by atoms with Crippen molar-refractivity contribution in [2.45, 2.75) is 6.92 Å². The largest absolute Gasteiger partial charge is 0.478 e. The molecule has 1 fully saturated rings. The number of rotatable bonds is 3. The Morgan fingerprint density at radius 3 is 2.58 bits per heavy atom. The van der Waals surface area contributed by atoms with Crippen LogP contribution in [0, 0.1) is 12.7 Å². The highest BCUT2D eigenvalue weighted by atomic mass is 35.5. The van der Waals surface area contributed by atoms with Crippen LogP contribution in [0.25, 0.3) is 11.3 Å². The summed E-state index contributed by atoms with van der Waals surface area (Å²) in [6, 6.07) is 7.74. The molecule has 0 radical (unpaired) electrons.